The molecule has 0 radical (unpaired) electrons. The first-order valence-electron chi connectivity index (χ1n) is 5.79. The van der Waals surface area contributed by atoms with Crippen molar-refractivity contribution in [3.05, 3.63) is 23.8 Å². The molecule has 0 saturated carbocycles. The van der Waals surface area contributed by atoms with Crippen LogP contribution in [0.15, 0.2) is 18.2 Å². The van der Waals surface area contributed by atoms with Crippen molar-refractivity contribution in [2.24, 2.45) is 0 Å². The summed E-state index contributed by atoms with van der Waals surface area (Å²) in [5, 5.41) is 12.3. The van der Waals surface area contributed by atoms with Gasteiger partial charge in [-0.15, -0.1) is 0 Å². The number of nitriles is 1. The molecule has 1 saturated heterocycles. The normalized spacial score (nSPS) is 19.4. The number of ether oxygens (including phenoxy) is 2. The third kappa shape index (κ3) is 2.89. The van der Waals surface area contributed by atoms with E-state index in [0.717, 1.165) is 25.9 Å². The maximum absolute atomic E-state index is 9.03. The molecule has 0 spiro atoms. The van der Waals surface area contributed by atoms with E-state index in [4.69, 9.17) is 14.7 Å². The molecule has 0 aromatic heterocycles. The van der Waals surface area contributed by atoms with E-state index in [9.17, 15) is 0 Å². The molecule has 1 aromatic rings. The van der Waals surface area contributed by atoms with Crippen LogP contribution in [0.3, 0.4) is 0 Å². The van der Waals surface area contributed by atoms with E-state index in [0.29, 0.717) is 17.1 Å². The molecular formula is C13H16N2O2. The van der Waals surface area contributed by atoms with E-state index in [1.165, 1.54) is 0 Å². The summed E-state index contributed by atoms with van der Waals surface area (Å²) in [6, 6.07) is 7.40. The van der Waals surface area contributed by atoms with E-state index in [1.807, 2.05) is 0 Å². The van der Waals surface area contributed by atoms with Crippen LogP contribution < -0.4 is 14.8 Å². The van der Waals surface area contributed by atoms with E-state index in [-0.39, 0.29) is 6.10 Å². The smallest absolute Gasteiger partial charge is 0.141 e. The lowest BCUT2D eigenvalue weighted by atomic mass is 10.1. The van der Waals surface area contributed by atoms with Crippen molar-refractivity contribution in [1.29, 1.82) is 5.26 Å². The van der Waals surface area contributed by atoms with Gasteiger partial charge in [0.25, 0.3) is 0 Å². The lowest BCUT2D eigenvalue weighted by Gasteiger charge is -2.24. The van der Waals surface area contributed by atoms with Gasteiger partial charge in [0, 0.05) is 12.6 Å². The Hall–Kier alpha value is -1.73. The molecule has 1 N–H and O–H groups in total. The van der Waals surface area contributed by atoms with Crippen molar-refractivity contribution >= 4 is 0 Å². The number of piperidine rings is 1. The summed E-state index contributed by atoms with van der Waals surface area (Å²) in [5.41, 5.74) is 0.552. The average Bonchev–Trinajstić information content (AvgIpc) is 2.40. The van der Waals surface area contributed by atoms with E-state index in [1.54, 1.807) is 25.3 Å². The standard InChI is InChI=1S/C13H16N2O2/c1-16-11-5-4-10(8-14)13(7-11)17-12-3-2-6-15-9-12/h4-5,7,12,15H,2-3,6,9H2,1H3. The number of nitrogens with zero attached hydrogens (tertiary/aromatic N) is 1. The van der Waals surface area contributed by atoms with Crippen LogP contribution in [-0.2, 0) is 0 Å². The predicted molar refractivity (Wildman–Crippen MR) is 64.2 cm³/mol. The van der Waals surface area contributed by atoms with Gasteiger partial charge in [-0.1, -0.05) is 0 Å². The van der Waals surface area contributed by atoms with Crippen LogP contribution in [0.4, 0.5) is 0 Å². The van der Waals surface area contributed by atoms with Crippen LogP contribution in [0.2, 0.25) is 0 Å². The Morgan fingerprint density at radius 2 is 2.35 bits per heavy atom. The molecule has 1 unspecified atom stereocenters. The fraction of sp³-hybridized carbons (Fsp3) is 0.462. The highest BCUT2D eigenvalue weighted by atomic mass is 16.5. The molecule has 1 aliphatic heterocycles. The van der Waals surface area contributed by atoms with E-state index in [2.05, 4.69) is 11.4 Å². The molecule has 0 bridgehead atoms. The second kappa shape index (κ2) is 5.55. The van der Waals surface area contributed by atoms with Crippen LogP contribution in [0, 0.1) is 11.3 Å². The van der Waals surface area contributed by atoms with Gasteiger partial charge in [-0.3, -0.25) is 0 Å². The third-order valence-corrected chi connectivity index (χ3v) is 2.85. The SMILES string of the molecule is COc1ccc(C#N)c(OC2CCCNC2)c1. The average molecular weight is 232 g/mol. The lowest BCUT2D eigenvalue weighted by molar-refractivity contribution is 0.166. The highest BCUT2D eigenvalue weighted by molar-refractivity contribution is 5.47. The van der Waals surface area contributed by atoms with Crippen molar-refractivity contribution in [2.75, 3.05) is 20.2 Å². The third-order valence-electron chi connectivity index (χ3n) is 2.85. The maximum Gasteiger partial charge on any atom is 0.141 e. The Balaban J connectivity index is 2.14. The van der Waals surface area contributed by atoms with Gasteiger partial charge in [0.1, 0.15) is 23.7 Å². The van der Waals surface area contributed by atoms with Crippen LogP contribution in [0.5, 0.6) is 11.5 Å². The number of benzene rings is 1. The minimum Gasteiger partial charge on any atom is -0.497 e. The van der Waals surface area contributed by atoms with Crippen molar-refractivity contribution in [1.82, 2.24) is 5.32 Å². The largest absolute Gasteiger partial charge is 0.497 e. The highest BCUT2D eigenvalue weighted by Crippen LogP contribution is 2.26. The van der Waals surface area contributed by atoms with Crippen LogP contribution in [0.25, 0.3) is 0 Å². The van der Waals surface area contributed by atoms with Gasteiger partial charge in [-0.05, 0) is 31.5 Å². The zero-order valence-electron chi connectivity index (χ0n) is 9.90. The van der Waals surface area contributed by atoms with Crippen molar-refractivity contribution in [3.63, 3.8) is 0 Å². The Morgan fingerprint density at radius 1 is 1.47 bits per heavy atom. The summed E-state index contributed by atoms with van der Waals surface area (Å²) in [7, 11) is 1.60. The Bertz CT molecular complexity index is 420. The quantitative estimate of drug-likeness (QED) is 0.861. The second-order valence-corrected chi connectivity index (χ2v) is 4.06. The van der Waals surface area contributed by atoms with Crippen molar-refractivity contribution < 1.29 is 9.47 Å². The maximum atomic E-state index is 9.03. The molecule has 1 heterocycles. The zero-order valence-corrected chi connectivity index (χ0v) is 9.90. The topological polar surface area (TPSA) is 54.3 Å². The zero-order chi connectivity index (χ0) is 12.1. The number of rotatable bonds is 3. The van der Waals surface area contributed by atoms with Gasteiger partial charge in [-0.25, -0.2) is 0 Å². The molecule has 4 heteroatoms. The molecule has 1 aromatic carbocycles. The Morgan fingerprint density at radius 3 is 3.00 bits per heavy atom. The Labute approximate surface area is 101 Å². The molecule has 90 valence electrons. The van der Waals surface area contributed by atoms with E-state index >= 15 is 0 Å². The van der Waals surface area contributed by atoms with Crippen molar-refractivity contribution in [2.45, 2.75) is 18.9 Å². The summed E-state index contributed by atoms with van der Waals surface area (Å²) in [6.45, 7) is 1.88. The summed E-state index contributed by atoms with van der Waals surface area (Å²) < 4.78 is 11.0. The van der Waals surface area contributed by atoms with Gasteiger partial charge < -0.3 is 14.8 Å². The van der Waals surface area contributed by atoms with Crippen LogP contribution in [0.1, 0.15) is 18.4 Å². The van der Waals surface area contributed by atoms with Crippen molar-refractivity contribution in [3.8, 4) is 17.6 Å². The molecular weight excluding hydrogens is 216 g/mol. The number of hydrogen-bond acceptors (Lipinski definition) is 4. The van der Waals surface area contributed by atoms with Gasteiger partial charge in [0.2, 0.25) is 0 Å². The number of hydrogen-bond donors (Lipinski definition) is 1. The van der Waals surface area contributed by atoms with Gasteiger partial charge in [0.05, 0.1) is 12.7 Å². The first-order valence-corrected chi connectivity index (χ1v) is 5.79. The van der Waals surface area contributed by atoms with Gasteiger partial charge in [-0.2, -0.15) is 5.26 Å². The minimum atomic E-state index is 0.142. The summed E-state index contributed by atoms with van der Waals surface area (Å²) in [4.78, 5) is 0. The lowest BCUT2D eigenvalue weighted by Crippen LogP contribution is -2.37. The fourth-order valence-corrected chi connectivity index (χ4v) is 1.92. The van der Waals surface area contributed by atoms with Gasteiger partial charge >= 0.3 is 0 Å². The fourth-order valence-electron chi connectivity index (χ4n) is 1.92. The Kier molecular flexibility index (Phi) is 3.84. The monoisotopic (exact) mass is 232 g/mol. The molecule has 0 amide bonds. The first kappa shape index (κ1) is 11.7. The highest BCUT2D eigenvalue weighted by Gasteiger charge is 2.16. The summed E-state index contributed by atoms with van der Waals surface area (Å²) in [5.74, 6) is 1.32. The predicted octanol–water partition coefficient (Wildman–Crippen LogP) is 1.70. The molecule has 1 aliphatic rings. The van der Waals surface area contributed by atoms with Crippen LogP contribution >= 0.6 is 0 Å². The number of nitrogens with one attached hydrogen (secondary N) is 1. The van der Waals surface area contributed by atoms with Crippen LogP contribution in [-0.4, -0.2) is 26.3 Å². The summed E-state index contributed by atoms with van der Waals surface area (Å²) >= 11 is 0. The first-order chi connectivity index (χ1) is 8.33. The molecule has 0 aliphatic carbocycles. The molecule has 1 atom stereocenters. The molecule has 1 fully saturated rings. The molecule has 4 nitrogen and oxygen atoms in total. The summed E-state index contributed by atoms with van der Waals surface area (Å²) in [6.07, 6.45) is 2.27. The second-order valence-electron chi connectivity index (χ2n) is 4.06. The van der Waals surface area contributed by atoms with E-state index < -0.39 is 0 Å². The minimum absolute atomic E-state index is 0.142. The van der Waals surface area contributed by atoms with Gasteiger partial charge in [0.15, 0.2) is 0 Å². The molecule has 17 heavy (non-hydrogen) atoms. The molecule has 2 rings (SSSR count). The number of methoxy groups -OCH3 is 1.